The lowest BCUT2D eigenvalue weighted by Crippen LogP contribution is -2.47. The van der Waals surface area contributed by atoms with E-state index in [-0.39, 0.29) is 5.91 Å². The number of hydrogen-bond acceptors (Lipinski definition) is 3. The van der Waals surface area contributed by atoms with Crippen LogP contribution in [0.3, 0.4) is 0 Å². The molecule has 162 valence electrons. The van der Waals surface area contributed by atoms with Crippen LogP contribution in [0.25, 0.3) is 0 Å². The van der Waals surface area contributed by atoms with Gasteiger partial charge in [-0.15, -0.1) is 0 Å². The van der Waals surface area contributed by atoms with Gasteiger partial charge in [-0.3, -0.25) is 4.79 Å². The van der Waals surface area contributed by atoms with Crippen molar-refractivity contribution in [1.29, 1.82) is 0 Å². The van der Waals surface area contributed by atoms with Crippen LogP contribution in [0.15, 0.2) is 91.0 Å². The molecule has 0 saturated carbocycles. The van der Waals surface area contributed by atoms with E-state index in [1.54, 1.807) is 0 Å². The summed E-state index contributed by atoms with van der Waals surface area (Å²) in [6, 6.07) is 30.8. The average Bonchev–Trinajstić information content (AvgIpc) is 2.83. The Morgan fingerprint density at radius 3 is 1.71 bits per heavy atom. The molecular weight excluding hydrogens is 418 g/mol. The lowest BCUT2D eigenvalue weighted by atomic mass is 9.77. The lowest BCUT2D eigenvalue weighted by molar-refractivity contribution is -0.122. The van der Waals surface area contributed by atoms with Crippen LogP contribution in [0.4, 0.5) is 0 Å². The molecule has 0 heterocycles. The zero-order chi connectivity index (χ0) is 21.9. The average molecular weight is 450 g/mol. The summed E-state index contributed by atoms with van der Waals surface area (Å²) in [5, 5.41) is 3.89. The molecule has 0 saturated heterocycles. The highest BCUT2D eigenvalue weighted by Crippen LogP contribution is 2.37. The fourth-order valence-electron chi connectivity index (χ4n) is 3.68. The molecule has 0 spiro atoms. The Bertz CT molecular complexity index is 819. The maximum absolute atomic E-state index is 13.3. The van der Waals surface area contributed by atoms with Crippen LogP contribution in [-0.4, -0.2) is 16.9 Å². The molecule has 4 heteroatoms. The van der Waals surface area contributed by atoms with Crippen molar-refractivity contribution in [2.45, 2.75) is 43.9 Å². The molecule has 1 N–H and O–H groups in total. The highest BCUT2D eigenvalue weighted by molar-refractivity contribution is 8.76. The topological polar surface area (TPSA) is 29.1 Å². The SMILES string of the molecule is CCCSSC(C)CCC(=O)NC(c1ccccc1)(c1ccccc1)c1ccccc1. The van der Waals surface area contributed by atoms with Crippen molar-refractivity contribution in [2.24, 2.45) is 0 Å². The summed E-state index contributed by atoms with van der Waals surface area (Å²) in [5.74, 6) is 1.23. The maximum atomic E-state index is 13.3. The monoisotopic (exact) mass is 449 g/mol. The van der Waals surface area contributed by atoms with Crippen molar-refractivity contribution >= 4 is 27.5 Å². The molecule has 0 radical (unpaired) electrons. The number of carbonyl (C=O) groups is 1. The van der Waals surface area contributed by atoms with Gasteiger partial charge in [0.25, 0.3) is 0 Å². The van der Waals surface area contributed by atoms with Gasteiger partial charge in [-0.1, -0.05) is 126 Å². The van der Waals surface area contributed by atoms with Crippen LogP contribution in [0.5, 0.6) is 0 Å². The Hall–Kier alpha value is -2.17. The van der Waals surface area contributed by atoms with Gasteiger partial charge >= 0.3 is 0 Å². The second-order valence-electron chi connectivity index (χ2n) is 7.66. The third kappa shape index (κ3) is 6.18. The molecule has 3 aromatic rings. The normalized spacial score (nSPS) is 12.3. The van der Waals surface area contributed by atoms with Crippen LogP contribution in [0.1, 0.15) is 49.8 Å². The predicted molar refractivity (Wildman–Crippen MR) is 136 cm³/mol. The van der Waals surface area contributed by atoms with Gasteiger partial charge in [-0.05, 0) is 29.5 Å². The van der Waals surface area contributed by atoms with E-state index in [9.17, 15) is 4.79 Å². The number of benzene rings is 3. The van der Waals surface area contributed by atoms with Gasteiger partial charge in [0.2, 0.25) is 5.91 Å². The molecule has 0 aliphatic rings. The number of amides is 1. The molecule has 0 aromatic heterocycles. The van der Waals surface area contributed by atoms with Crippen LogP contribution in [0.2, 0.25) is 0 Å². The Morgan fingerprint density at radius 1 is 0.839 bits per heavy atom. The number of carbonyl (C=O) groups excluding carboxylic acids is 1. The second-order valence-corrected chi connectivity index (χ2v) is 10.6. The first kappa shape index (κ1) is 23.5. The molecule has 0 fully saturated rings. The van der Waals surface area contributed by atoms with E-state index in [1.165, 1.54) is 6.42 Å². The highest BCUT2D eigenvalue weighted by atomic mass is 33.1. The maximum Gasteiger partial charge on any atom is 0.221 e. The molecule has 1 atom stereocenters. The first-order valence-electron chi connectivity index (χ1n) is 10.9. The van der Waals surface area contributed by atoms with E-state index in [2.05, 4.69) is 55.6 Å². The van der Waals surface area contributed by atoms with E-state index < -0.39 is 5.54 Å². The van der Waals surface area contributed by atoms with E-state index in [0.717, 1.165) is 28.9 Å². The van der Waals surface area contributed by atoms with E-state index >= 15 is 0 Å². The molecule has 31 heavy (non-hydrogen) atoms. The Kier molecular flexibility index (Phi) is 9.11. The lowest BCUT2D eigenvalue weighted by Gasteiger charge is -2.37. The van der Waals surface area contributed by atoms with Gasteiger partial charge < -0.3 is 5.32 Å². The number of rotatable bonds is 11. The third-order valence-electron chi connectivity index (χ3n) is 5.25. The zero-order valence-electron chi connectivity index (χ0n) is 18.3. The fourth-order valence-corrected chi connectivity index (χ4v) is 6.17. The van der Waals surface area contributed by atoms with E-state index in [0.29, 0.717) is 11.7 Å². The molecule has 2 nitrogen and oxygen atoms in total. The molecule has 3 aromatic carbocycles. The van der Waals surface area contributed by atoms with Gasteiger partial charge in [-0.2, -0.15) is 0 Å². The Morgan fingerprint density at radius 2 is 1.29 bits per heavy atom. The number of hydrogen-bond donors (Lipinski definition) is 1. The van der Waals surface area contributed by atoms with Gasteiger partial charge in [0.15, 0.2) is 0 Å². The van der Waals surface area contributed by atoms with Crippen LogP contribution in [-0.2, 0) is 10.3 Å². The number of nitrogens with one attached hydrogen (secondary N) is 1. The fraction of sp³-hybridized carbons (Fsp3) is 0.296. The van der Waals surface area contributed by atoms with Crippen molar-refractivity contribution in [2.75, 3.05) is 5.75 Å². The molecule has 0 aliphatic carbocycles. The summed E-state index contributed by atoms with van der Waals surface area (Å²) in [6.45, 7) is 4.40. The minimum absolute atomic E-state index is 0.0736. The summed E-state index contributed by atoms with van der Waals surface area (Å²) in [5.41, 5.74) is 2.44. The van der Waals surface area contributed by atoms with Gasteiger partial charge in [0, 0.05) is 17.4 Å². The first-order chi connectivity index (χ1) is 15.2. The van der Waals surface area contributed by atoms with E-state index in [4.69, 9.17) is 0 Å². The predicted octanol–water partition coefficient (Wildman–Crippen LogP) is 7.05. The molecule has 3 rings (SSSR count). The molecule has 0 aliphatic heterocycles. The quantitative estimate of drug-likeness (QED) is 0.193. The minimum atomic E-state index is -0.728. The summed E-state index contributed by atoms with van der Waals surface area (Å²) in [7, 11) is 3.79. The standard InChI is InChI=1S/C27H31NOS2/c1-3-21-30-31-22(2)19-20-26(29)28-27(23-13-7-4-8-14-23,24-15-9-5-10-16-24)25-17-11-6-12-18-25/h4-18,22H,3,19-21H2,1-2H3,(H,28,29). The smallest absolute Gasteiger partial charge is 0.221 e. The summed E-state index contributed by atoms with van der Waals surface area (Å²) >= 11 is 0. The molecular formula is C27H31NOS2. The van der Waals surface area contributed by atoms with Crippen molar-refractivity contribution in [3.05, 3.63) is 108 Å². The molecule has 0 bridgehead atoms. The first-order valence-corrected chi connectivity index (χ1v) is 13.3. The molecule has 1 unspecified atom stereocenters. The van der Waals surface area contributed by atoms with E-state index in [1.807, 2.05) is 76.2 Å². The van der Waals surface area contributed by atoms with Crippen molar-refractivity contribution in [3.63, 3.8) is 0 Å². The van der Waals surface area contributed by atoms with Crippen molar-refractivity contribution in [3.8, 4) is 0 Å². The van der Waals surface area contributed by atoms with Crippen molar-refractivity contribution in [1.82, 2.24) is 5.32 Å². The van der Waals surface area contributed by atoms with Gasteiger partial charge in [0.05, 0.1) is 0 Å². The highest BCUT2D eigenvalue weighted by Gasteiger charge is 2.37. The summed E-state index contributed by atoms with van der Waals surface area (Å²) < 4.78 is 0. The second kappa shape index (κ2) is 12.0. The Labute approximate surface area is 194 Å². The van der Waals surface area contributed by atoms with Crippen LogP contribution in [0, 0.1) is 0 Å². The van der Waals surface area contributed by atoms with Gasteiger partial charge in [-0.25, -0.2) is 0 Å². The summed E-state index contributed by atoms with van der Waals surface area (Å²) in [4.78, 5) is 13.3. The van der Waals surface area contributed by atoms with Gasteiger partial charge in [0.1, 0.15) is 5.54 Å². The van der Waals surface area contributed by atoms with Crippen molar-refractivity contribution < 1.29 is 4.79 Å². The third-order valence-corrected chi connectivity index (χ3v) is 8.41. The summed E-state index contributed by atoms with van der Waals surface area (Å²) in [6.07, 6.45) is 2.55. The van der Waals surface area contributed by atoms with Crippen LogP contribution >= 0.6 is 21.6 Å². The molecule has 1 amide bonds. The largest absolute Gasteiger partial charge is 0.338 e. The minimum Gasteiger partial charge on any atom is -0.338 e. The zero-order valence-corrected chi connectivity index (χ0v) is 19.9. The Balaban J connectivity index is 1.92. The van der Waals surface area contributed by atoms with Crippen LogP contribution < -0.4 is 5.32 Å².